The van der Waals surface area contributed by atoms with Crippen molar-refractivity contribution in [2.24, 2.45) is 0 Å². The van der Waals surface area contributed by atoms with Crippen LogP contribution < -0.4 is 11.1 Å². The summed E-state index contributed by atoms with van der Waals surface area (Å²) in [6, 6.07) is 6.95. The highest BCUT2D eigenvalue weighted by Crippen LogP contribution is 2.28. The Kier molecular flexibility index (Phi) is 5.40. The second kappa shape index (κ2) is 7.73. The van der Waals surface area contributed by atoms with E-state index in [4.69, 9.17) is 17.3 Å². The normalized spacial score (nSPS) is 22.2. The van der Waals surface area contributed by atoms with Crippen LogP contribution in [0.15, 0.2) is 36.7 Å². The molecule has 1 amide bonds. The molecule has 0 saturated heterocycles. The molecule has 1 saturated carbocycles. The quantitative estimate of drug-likeness (QED) is 0.703. The van der Waals surface area contributed by atoms with Crippen LogP contribution in [-0.2, 0) is 0 Å². The van der Waals surface area contributed by atoms with Gasteiger partial charge in [0.05, 0.1) is 0 Å². The Bertz CT molecular complexity index is 877. The van der Waals surface area contributed by atoms with Gasteiger partial charge in [-0.1, -0.05) is 29.5 Å². The highest BCUT2D eigenvalue weighted by Gasteiger charge is 2.34. The Labute approximate surface area is 156 Å². The molecule has 0 aliphatic heterocycles. The van der Waals surface area contributed by atoms with Gasteiger partial charge < -0.3 is 16.2 Å². The number of hydrogen-bond acceptors (Lipinski definition) is 5. The summed E-state index contributed by atoms with van der Waals surface area (Å²) < 4.78 is 0. The molecule has 1 fully saturated rings. The van der Waals surface area contributed by atoms with Gasteiger partial charge in [-0.3, -0.25) is 4.79 Å². The molecule has 0 unspecified atom stereocenters. The first-order valence-electron chi connectivity index (χ1n) is 8.34. The number of halogens is 1. The van der Waals surface area contributed by atoms with Crippen LogP contribution in [0.5, 0.6) is 0 Å². The number of benzene rings is 1. The number of rotatable bonds is 2. The monoisotopic (exact) mass is 370 g/mol. The van der Waals surface area contributed by atoms with Gasteiger partial charge in [0.2, 0.25) is 0 Å². The van der Waals surface area contributed by atoms with Crippen LogP contribution in [-0.4, -0.2) is 32.6 Å². The van der Waals surface area contributed by atoms with Crippen LogP contribution >= 0.6 is 11.6 Å². The molecule has 2 atom stereocenters. The van der Waals surface area contributed by atoms with E-state index in [0.717, 1.165) is 18.4 Å². The van der Waals surface area contributed by atoms with E-state index in [2.05, 4.69) is 27.1 Å². The summed E-state index contributed by atoms with van der Waals surface area (Å²) in [5, 5.41) is 14.3. The summed E-state index contributed by atoms with van der Waals surface area (Å²) in [6.07, 6.45) is 5.25. The van der Waals surface area contributed by atoms with Crippen molar-refractivity contribution in [2.75, 3.05) is 5.73 Å². The SMILES string of the molecule is Nc1nccnc1C(=O)N[C@H]1CCC[C@@](O)(C#Cc2cccc(Cl)c2)C1. The fourth-order valence-electron chi connectivity index (χ4n) is 3.02. The number of nitrogens with zero attached hydrogens (tertiary/aromatic N) is 2. The van der Waals surface area contributed by atoms with Crippen LogP contribution in [0.4, 0.5) is 5.82 Å². The molecular formula is C19H19ClN4O2. The first-order chi connectivity index (χ1) is 12.5. The van der Waals surface area contributed by atoms with Crippen LogP contribution in [0.1, 0.15) is 41.7 Å². The van der Waals surface area contributed by atoms with Gasteiger partial charge in [0.15, 0.2) is 11.5 Å². The molecule has 1 aromatic carbocycles. The maximum atomic E-state index is 12.3. The van der Waals surface area contributed by atoms with Crippen molar-refractivity contribution < 1.29 is 9.90 Å². The molecule has 0 spiro atoms. The lowest BCUT2D eigenvalue weighted by Gasteiger charge is -2.33. The highest BCUT2D eigenvalue weighted by molar-refractivity contribution is 6.30. The number of amides is 1. The number of anilines is 1. The van der Waals surface area contributed by atoms with Crippen molar-refractivity contribution in [3.63, 3.8) is 0 Å². The molecule has 1 aromatic heterocycles. The van der Waals surface area contributed by atoms with Crippen LogP contribution in [0, 0.1) is 11.8 Å². The fraction of sp³-hybridized carbons (Fsp3) is 0.316. The number of carbonyl (C=O) groups excluding carboxylic acids is 1. The van der Waals surface area contributed by atoms with E-state index >= 15 is 0 Å². The minimum absolute atomic E-state index is 0.0804. The maximum Gasteiger partial charge on any atom is 0.273 e. The van der Waals surface area contributed by atoms with Gasteiger partial charge in [0, 0.05) is 35.4 Å². The van der Waals surface area contributed by atoms with Crippen LogP contribution in [0.2, 0.25) is 5.02 Å². The lowest BCUT2D eigenvalue weighted by atomic mass is 9.82. The Morgan fingerprint density at radius 3 is 2.96 bits per heavy atom. The fourth-order valence-corrected chi connectivity index (χ4v) is 3.21. The van der Waals surface area contributed by atoms with Crippen molar-refractivity contribution in [3.8, 4) is 11.8 Å². The molecule has 26 heavy (non-hydrogen) atoms. The van der Waals surface area contributed by atoms with Crippen LogP contribution in [0.25, 0.3) is 0 Å². The van der Waals surface area contributed by atoms with E-state index in [1.165, 1.54) is 12.4 Å². The molecule has 3 rings (SSSR count). The van der Waals surface area contributed by atoms with Gasteiger partial charge in [-0.2, -0.15) is 0 Å². The number of hydrogen-bond donors (Lipinski definition) is 3. The highest BCUT2D eigenvalue weighted by atomic mass is 35.5. The maximum absolute atomic E-state index is 12.3. The molecule has 134 valence electrons. The summed E-state index contributed by atoms with van der Waals surface area (Å²) >= 11 is 5.95. The van der Waals surface area contributed by atoms with Crippen molar-refractivity contribution in [2.45, 2.75) is 37.3 Å². The molecule has 4 N–H and O–H groups in total. The van der Waals surface area contributed by atoms with Gasteiger partial charge in [0.25, 0.3) is 5.91 Å². The number of aliphatic hydroxyl groups is 1. The molecule has 7 heteroatoms. The number of nitrogen functional groups attached to an aromatic ring is 1. The van der Waals surface area contributed by atoms with E-state index in [0.29, 0.717) is 17.9 Å². The third-order valence-corrected chi connectivity index (χ3v) is 4.50. The number of aromatic nitrogens is 2. The lowest BCUT2D eigenvalue weighted by Crippen LogP contribution is -2.45. The number of carbonyl (C=O) groups is 1. The summed E-state index contributed by atoms with van der Waals surface area (Å²) in [7, 11) is 0. The summed E-state index contributed by atoms with van der Waals surface area (Å²) in [6.45, 7) is 0. The smallest absolute Gasteiger partial charge is 0.273 e. The van der Waals surface area contributed by atoms with E-state index in [9.17, 15) is 9.90 Å². The molecule has 1 heterocycles. The molecule has 1 aliphatic rings. The first-order valence-corrected chi connectivity index (χ1v) is 8.71. The van der Waals surface area contributed by atoms with E-state index < -0.39 is 11.5 Å². The zero-order valence-electron chi connectivity index (χ0n) is 14.1. The lowest BCUT2D eigenvalue weighted by molar-refractivity contribution is 0.0452. The third-order valence-electron chi connectivity index (χ3n) is 4.27. The average molecular weight is 371 g/mol. The zero-order valence-corrected chi connectivity index (χ0v) is 14.8. The Hall–Kier alpha value is -2.62. The van der Waals surface area contributed by atoms with Gasteiger partial charge in [0.1, 0.15) is 5.60 Å². The number of nitrogens with one attached hydrogen (secondary N) is 1. The second-order valence-electron chi connectivity index (χ2n) is 6.35. The predicted molar refractivity (Wildman–Crippen MR) is 99.4 cm³/mol. The first kappa shape index (κ1) is 18.2. The van der Waals surface area contributed by atoms with Gasteiger partial charge >= 0.3 is 0 Å². The van der Waals surface area contributed by atoms with Crippen molar-refractivity contribution >= 4 is 23.3 Å². The van der Waals surface area contributed by atoms with Gasteiger partial charge in [-0.15, -0.1) is 0 Å². The zero-order chi connectivity index (χ0) is 18.6. The Morgan fingerprint density at radius 2 is 2.19 bits per heavy atom. The van der Waals surface area contributed by atoms with Gasteiger partial charge in [-0.05, 0) is 37.5 Å². The van der Waals surface area contributed by atoms with E-state index in [-0.39, 0.29) is 17.6 Å². The summed E-state index contributed by atoms with van der Waals surface area (Å²) in [5.74, 6) is 5.59. The summed E-state index contributed by atoms with van der Waals surface area (Å²) in [4.78, 5) is 20.2. The number of nitrogens with two attached hydrogens (primary N) is 1. The molecule has 1 aliphatic carbocycles. The minimum atomic E-state index is -1.16. The minimum Gasteiger partial charge on any atom is -0.382 e. The Balaban J connectivity index is 1.69. The third kappa shape index (κ3) is 4.51. The van der Waals surface area contributed by atoms with Crippen molar-refractivity contribution in [1.82, 2.24) is 15.3 Å². The topological polar surface area (TPSA) is 101 Å². The van der Waals surface area contributed by atoms with Gasteiger partial charge in [-0.25, -0.2) is 9.97 Å². The summed E-state index contributed by atoms with van der Waals surface area (Å²) in [5.41, 5.74) is 5.36. The average Bonchev–Trinajstić information content (AvgIpc) is 2.61. The standard InChI is InChI=1S/C19H19ClN4O2/c20-14-4-1-3-13(11-14)6-8-19(26)7-2-5-15(12-19)24-18(25)16-17(21)23-10-9-22-16/h1,3-4,9-11,15,26H,2,5,7,12H2,(H2,21,23)(H,24,25)/t15-,19+/m0/s1. The van der Waals surface area contributed by atoms with Crippen LogP contribution in [0.3, 0.4) is 0 Å². The predicted octanol–water partition coefficient (Wildman–Crippen LogP) is 2.17. The molecule has 0 bridgehead atoms. The van der Waals surface area contributed by atoms with E-state index in [1.54, 1.807) is 12.1 Å². The van der Waals surface area contributed by atoms with Crippen molar-refractivity contribution in [1.29, 1.82) is 0 Å². The largest absolute Gasteiger partial charge is 0.382 e. The molecule has 6 nitrogen and oxygen atoms in total. The second-order valence-corrected chi connectivity index (χ2v) is 6.79. The molecule has 2 aromatic rings. The molecule has 0 radical (unpaired) electrons. The van der Waals surface area contributed by atoms with Crippen molar-refractivity contribution in [3.05, 3.63) is 52.9 Å². The molecular weight excluding hydrogens is 352 g/mol. The van der Waals surface area contributed by atoms with E-state index in [1.807, 2.05) is 12.1 Å². The Morgan fingerprint density at radius 1 is 1.38 bits per heavy atom.